The molecule has 0 atom stereocenters. The number of hydrogen-bond acceptors (Lipinski definition) is 7. The molecule has 7 heteroatoms. The molecule has 0 radical (unpaired) electrons. The van der Waals surface area contributed by atoms with Crippen molar-refractivity contribution in [2.45, 2.75) is 6.61 Å². The first kappa shape index (κ1) is 12.9. The van der Waals surface area contributed by atoms with Crippen LogP contribution in [0.25, 0.3) is 17.7 Å². The van der Waals surface area contributed by atoms with Gasteiger partial charge in [-0.1, -0.05) is 0 Å². The van der Waals surface area contributed by atoms with E-state index in [1.807, 2.05) is 0 Å². The first-order valence-electron chi connectivity index (χ1n) is 6.06. The number of rotatable bonds is 5. The molecule has 0 aliphatic rings. The van der Waals surface area contributed by atoms with Crippen molar-refractivity contribution in [1.29, 1.82) is 0 Å². The summed E-state index contributed by atoms with van der Waals surface area (Å²) in [7, 11) is 0. The van der Waals surface area contributed by atoms with Gasteiger partial charge in [0.2, 0.25) is 0 Å². The van der Waals surface area contributed by atoms with Gasteiger partial charge in [-0.25, -0.2) is 4.79 Å². The van der Waals surface area contributed by atoms with Crippen LogP contribution >= 0.6 is 0 Å². The second kappa shape index (κ2) is 5.91. The highest BCUT2D eigenvalue weighted by atomic mass is 16.5. The van der Waals surface area contributed by atoms with Crippen molar-refractivity contribution >= 4 is 12.0 Å². The second-order valence-corrected chi connectivity index (χ2v) is 3.93. The lowest BCUT2D eigenvalue weighted by Crippen LogP contribution is -2.00. The number of aromatic nitrogens is 2. The Balaban J connectivity index is 1.54. The van der Waals surface area contributed by atoms with Crippen LogP contribution < -0.4 is 0 Å². The molecule has 0 bridgehead atoms. The molecule has 0 N–H and O–H groups in total. The lowest BCUT2D eigenvalue weighted by atomic mass is 10.4. The zero-order chi connectivity index (χ0) is 14.5. The topological polar surface area (TPSA) is 91.5 Å². The predicted octanol–water partition coefficient (Wildman–Crippen LogP) is 2.68. The molecule has 106 valence electrons. The summed E-state index contributed by atoms with van der Waals surface area (Å²) in [6.07, 6.45) is 5.77. The van der Waals surface area contributed by atoms with Gasteiger partial charge in [0.25, 0.3) is 11.8 Å². The third-order valence-corrected chi connectivity index (χ3v) is 2.46. The molecule has 7 nitrogen and oxygen atoms in total. The maximum Gasteiger partial charge on any atom is 0.331 e. The van der Waals surface area contributed by atoms with E-state index in [0.29, 0.717) is 11.5 Å². The minimum Gasteiger partial charge on any atom is -0.465 e. The smallest absolute Gasteiger partial charge is 0.331 e. The largest absolute Gasteiger partial charge is 0.465 e. The van der Waals surface area contributed by atoms with E-state index < -0.39 is 5.97 Å². The maximum atomic E-state index is 11.5. The van der Waals surface area contributed by atoms with E-state index in [1.165, 1.54) is 24.7 Å². The molecule has 3 aromatic heterocycles. The third-order valence-electron chi connectivity index (χ3n) is 2.46. The van der Waals surface area contributed by atoms with Crippen LogP contribution in [-0.4, -0.2) is 16.2 Å². The molecule has 0 aromatic carbocycles. The minimum atomic E-state index is -0.538. The monoisotopic (exact) mass is 286 g/mol. The second-order valence-electron chi connectivity index (χ2n) is 3.93. The fourth-order valence-corrected chi connectivity index (χ4v) is 1.53. The molecule has 0 unspecified atom stereocenters. The van der Waals surface area contributed by atoms with Crippen LogP contribution in [0.1, 0.15) is 11.7 Å². The Morgan fingerprint density at radius 2 is 2.05 bits per heavy atom. The SMILES string of the molecule is O=C(/C=C/c1ccco1)OCc1nnc(-c2ccco2)o1. The number of esters is 1. The van der Waals surface area contributed by atoms with E-state index in [0.717, 1.165) is 0 Å². The van der Waals surface area contributed by atoms with E-state index in [2.05, 4.69) is 10.2 Å². The molecule has 3 rings (SSSR count). The third kappa shape index (κ3) is 3.27. The van der Waals surface area contributed by atoms with Gasteiger partial charge in [0.05, 0.1) is 12.5 Å². The Hall–Kier alpha value is -3.09. The van der Waals surface area contributed by atoms with Crippen molar-refractivity contribution in [3.8, 4) is 11.7 Å². The molecule has 0 fully saturated rings. The highest BCUT2D eigenvalue weighted by molar-refractivity contribution is 5.86. The number of hydrogen-bond donors (Lipinski definition) is 0. The lowest BCUT2D eigenvalue weighted by Gasteiger charge is -1.96. The Labute approximate surface area is 118 Å². The molecule has 0 spiro atoms. The molecule has 0 saturated carbocycles. The van der Waals surface area contributed by atoms with E-state index >= 15 is 0 Å². The highest BCUT2D eigenvalue weighted by Crippen LogP contribution is 2.18. The number of carbonyl (C=O) groups is 1. The van der Waals surface area contributed by atoms with Crippen molar-refractivity contribution in [1.82, 2.24) is 10.2 Å². The number of carbonyl (C=O) groups excluding carboxylic acids is 1. The summed E-state index contributed by atoms with van der Waals surface area (Å²) in [5, 5.41) is 7.55. The molecule has 3 aromatic rings. The van der Waals surface area contributed by atoms with E-state index in [1.54, 1.807) is 24.3 Å². The normalized spacial score (nSPS) is 11.0. The summed E-state index contributed by atoms with van der Waals surface area (Å²) >= 11 is 0. The molecule has 3 heterocycles. The minimum absolute atomic E-state index is 0.116. The predicted molar refractivity (Wildman–Crippen MR) is 69.5 cm³/mol. The fourth-order valence-electron chi connectivity index (χ4n) is 1.53. The molecule has 21 heavy (non-hydrogen) atoms. The van der Waals surface area contributed by atoms with Gasteiger partial charge in [0.1, 0.15) is 5.76 Å². The summed E-state index contributed by atoms with van der Waals surface area (Å²) in [5.41, 5.74) is 0. The first-order chi connectivity index (χ1) is 10.3. The Morgan fingerprint density at radius 3 is 2.81 bits per heavy atom. The van der Waals surface area contributed by atoms with Crippen LogP contribution in [0, 0.1) is 0 Å². The molecule has 0 amide bonds. The highest BCUT2D eigenvalue weighted by Gasteiger charge is 2.11. The molecular weight excluding hydrogens is 276 g/mol. The van der Waals surface area contributed by atoms with Crippen molar-refractivity contribution in [3.05, 3.63) is 54.5 Å². The summed E-state index contributed by atoms with van der Waals surface area (Å²) in [4.78, 5) is 11.5. The quantitative estimate of drug-likeness (QED) is 0.526. The summed E-state index contributed by atoms with van der Waals surface area (Å²) < 4.78 is 20.4. The summed E-state index contributed by atoms with van der Waals surface area (Å²) in [6, 6.07) is 6.84. The number of ether oxygens (including phenoxy) is 1. The number of furan rings is 2. The maximum absolute atomic E-state index is 11.5. The van der Waals surface area contributed by atoms with Gasteiger partial charge >= 0.3 is 5.97 Å². The van der Waals surface area contributed by atoms with Gasteiger partial charge in [-0.15, -0.1) is 10.2 Å². The van der Waals surface area contributed by atoms with Gasteiger partial charge in [-0.3, -0.25) is 0 Å². The van der Waals surface area contributed by atoms with Gasteiger partial charge in [-0.2, -0.15) is 0 Å². The molecule has 0 aliphatic heterocycles. The van der Waals surface area contributed by atoms with Crippen LogP contribution in [-0.2, 0) is 16.1 Å². The standard InChI is InChI=1S/C14H10N2O5/c17-13(6-5-10-3-1-7-18-10)20-9-12-15-16-14(21-12)11-4-2-8-19-11/h1-8H,9H2/b6-5+. The van der Waals surface area contributed by atoms with Crippen molar-refractivity contribution in [2.24, 2.45) is 0 Å². The zero-order valence-corrected chi connectivity index (χ0v) is 10.8. The van der Waals surface area contributed by atoms with Crippen molar-refractivity contribution in [3.63, 3.8) is 0 Å². The van der Waals surface area contributed by atoms with Crippen molar-refractivity contribution in [2.75, 3.05) is 0 Å². The van der Waals surface area contributed by atoms with Gasteiger partial charge in [-0.05, 0) is 30.3 Å². The molecule has 0 aliphatic carbocycles. The van der Waals surface area contributed by atoms with Gasteiger partial charge in [0.15, 0.2) is 12.4 Å². The van der Waals surface area contributed by atoms with E-state index in [-0.39, 0.29) is 18.4 Å². The Bertz CT molecular complexity index is 725. The summed E-state index contributed by atoms with van der Waals surface area (Å²) in [6.45, 7) is -0.116. The average molecular weight is 286 g/mol. The van der Waals surface area contributed by atoms with Gasteiger partial charge in [0, 0.05) is 6.08 Å². The van der Waals surface area contributed by atoms with Crippen molar-refractivity contribution < 1.29 is 22.8 Å². The summed E-state index contributed by atoms with van der Waals surface area (Å²) in [5.74, 6) is 0.894. The first-order valence-corrected chi connectivity index (χ1v) is 6.06. The number of nitrogens with zero attached hydrogens (tertiary/aromatic N) is 2. The van der Waals surface area contributed by atoms with Crippen LogP contribution in [0.5, 0.6) is 0 Å². The van der Waals surface area contributed by atoms with Crippen LogP contribution in [0.15, 0.2) is 56.1 Å². The average Bonchev–Trinajstić information content (AvgIpc) is 3.24. The van der Waals surface area contributed by atoms with Gasteiger partial charge < -0.3 is 18.0 Å². The fraction of sp³-hybridized carbons (Fsp3) is 0.0714. The zero-order valence-electron chi connectivity index (χ0n) is 10.8. The molecule has 0 saturated heterocycles. The molecular formula is C14H10N2O5. The van der Waals surface area contributed by atoms with Crippen LogP contribution in [0.2, 0.25) is 0 Å². The lowest BCUT2D eigenvalue weighted by molar-refractivity contribution is -0.139. The van der Waals surface area contributed by atoms with E-state index in [9.17, 15) is 4.79 Å². The Morgan fingerprint density at radius 1 is 1.19 bits per heavy atom. The van der Waals surface area contributed by atoms with Crippen LogP contribution in [0.3, 0.4) is 0 Å². The Kier molecular flexibility index (Phi) is 3.64. The van der Waals surface area contributed by atoms with Crippen LogP contribution in [0.4, 0.5) is 0 Å². The van der Waals surface area contributed by atoms with E-state index in [4.69, 9.17) is 18.0 Å².